The molecule has 1 aliphatic rings. The molecule has 1 amide bonds. The molecule has 1 saturated heterocycles. The minimum atomic E-state index is -0.917. The highest BCUT2D eigenvalue weighted by Crippen LogP contribution is 2.42. The summed E-state index contributed by atoms with van der Waals surface area (Å²) < 4.78 is 11.5. The minimum Gasteiger partial charge on any atom is -0.507 e. The summed E-state index contributed by atoms with van der Waals surface area (Å²) in [7, 11) is 0. The Bertz CT molecular complexity index is 1600. The van der Waals surface area contributed by atoms with Crippen LogP contribution in [0.3, 0.4) is 0 Å². The van der Waals surface area contributed by atoms with E-state index in [0.29, 0.717) is 30.1 Å². The number of nitrogens with zero attached hydrogens (tertiary/aromatic N) is 2. The fourth-order valence-corrected chi connectivity index (χ4v) is 4.84. The summed E-state index contributed by atoms with van der Waals surface area (Å²) in [4.78, 5) is 32.2. The van der Waals surface area contributed by atoms with Gasteiger partial charge in [0.2, 0.25) is 0 Å². The molecule has 208 valence electrons. The second-order valence-electron chi connectivity index (χ2n) is 9.68. The highest BCUT2D eigenvalue weighted by atomic mass is 16.5. The number of amides is 1. The molecule has 41 heavy (non-hydrogen) atoms. The third kappa shape index (κ3) is 5.77. The number of benzene rings is 3. The smallest absolute Gasteiger partial charge is 0.295 e. The van der Waals surface area contributed by atoms with E-state index in [2.05, 4.69) is 4.98 Å². The van der Waals surface area contributed by atoms with Crippen molar-refractivity contribution in [2.75, 3.05) is 6.61 Å². The molecule has 8 nitrogen and oxygen atoms in total. The molecule has 0 bridgehead atoms. The summed E-state index contributed by atoms with van der Waals surface area (Å²) in [6.45, 7) is 4.63. The van der Waals surface area contributed by atoms with Crippen molar-refractivity contribution < 1.29 is 29.3 Å². The van der Waals surface area contributed by atoms with Crippen molar-refractivity contribution >= 4 is 17.4 Å². The van der Waals surface area contributed by atoms with Gasteiger partial charge >= 0.3 is 0 Å². The normalized spacial score (nSPS) is 16.1. The molecule has 1 fully saturated rings. The van der Waals surface area contributed by atoms with E-state index in [1.807, 2.05) is 31.2 Å². The molecular formula is C33H30N2O6. The maximum absolute atomic E-state index is 13.4. The number of phenols is 1. The number of aromatic nitrogens is 1. The highest BCUT2D eigenvalue weighted by Gasteiger charge is 2.46. The molecule has 0 spiro atoms. The van der Waals surface area contributed by atoms with E-state index in [0.717, 1.165) is 16.7 Å². The van der Waals surface area contributed by atoms with Crippen molar-refractivity contribution in [1.82, 2.24) is 9.88 Å². The molecule has 0 aliphatic carbocycles. The van der Waals surface area contributed by atoms with Gasteiger partial charge in [-0.05, 0) is 84.6 Å². The number of carbonyl (C=O) groups excluding carboxylic acids is 2. The molecule has 4 aromatic rings. The van der Waals surface area contributed by atoms with Crippen LogP contribution >= 0.6 is 0 Å². The van der Waals surface area contributed by atoms with Gasteiger partial charge in [0.25, 0.3) is 11.7 Å². The van der Waals surface area contributed by atoms with Crippen LogP contribution in [0.5, 0.6) is 17.2 Å². The molecule has 0 saturated carbocycles. The Morgan fingerprint density at radius 3 is 2.39 bits per heavy atom. The van der Waals surface area contributed by atoms with E-state index in [-0.39, 0.29) is 29.4 Å². The van der Waals surface area contributed by atoms with Crippen molar-refractivity contribution in [2.24, 2.45) is 0 Å². The average molecular weight is 551 g/mol. The Balaban J connectivity index is 1.51. The largest absolute Gasteiger partial charge is 0.507 e. The molecule has 2 N–H and O–H groups in total. The fourth-order valence-electron chi connectivity index (χ4n) is 4.84. The van der Waals surface area contributed by atoms with Crippen molar-refractivity contribution in [3.05, 3.63) is 125 Å². The molecule has 8 heteroatoms. The summed E-state index contributed by atoms with van der Waals surface area (Å²) in [5, 5.41) is 21.7. The summed E-state index contributed by atoms with van der Waals surface area (Å²) >= 11 is 0. The SMILES string of the molecule is CCOc1cc(C2C(=C(O)c3ccc(OCc4ccccc4C)cc3)C(=O)C(=O)N2Cc2ccncc2)ccc1O. The third-order valence-electron chi connectivity index (χ3n) is 7.03. The van der Waals surface area contributed by atoms with Gasteiger partial charge in [-0.25, -0.2) is 0 Å². The molecule has 1 unspecified atom stereocenters. The van der Waals surface area contributed by atoms with Gasteiger partial charge in [0.1, 0.15) is 18.1 Å². The van der Waals surface area contributed by atoms with Crippen LogP contribution < -0.4 is 9.47 Å². The maximum atomic E-state index is 13.4. The second-order valence-corrected chi connectivity index (χ2v) is 9.68. The van der Waals surface area contributed by atoms with E-state index in [1.165, 1.54) is 11.0 Å². The summed E-state index contributed by atoms with van der Waals surface area (Å²) in [5.74, 6) is -1.09. The highest BCUT2D eigenvalue weighted by molar-refractivity contribution is 6.46. The van der Waals surface area contributed by atoms with Crippen LogP contribution in [0.4, 0.5) is 0 Å². The summed E-state index contributed by atoms with van der Waals surface area (Å²) in [5.41, 5.74) is 3.79. The van der Waals surface area contributed by atoms with E-state index >= 15 is 0 Å². The lowest BCUT2D eigenvalue weighted by Gasteiger charge is -2.26. The predicted molar refractivity (Wildman–Crippen MR) is 153 cm³/mol. The number of aryl methyl sites for hydroxylation is 1. The number of likely N-dealkylation sites (tertiary alicyclic amines) is 1. The lowest BCUT2D eigenvalue weighted by atomic mass is 9.94. The third-order valence-corrected chi connectivity index (χ3v) is 7.03. The van der Waals surface area contributed by atoms with Crippen molar-refractivity contribution in [3.8, 4) is 17.2 Å². The lowest BCUT2D eigenvalue weighted by Crippen LogP contribution is -2.29. The Labute approximate surface area is 238 Å². The first-order chi connectivity index (χ1) is 19.9. The molecular weight excluding hydrogens is 520 g/mol. The minimum absolute atomic E-state index is 0.0502. The number of aliphatic hydroxyl groups is 1. The average Bonchev–Trinajstić information content (AvgIpc) is 3.23. The number of aromatic hydroxyl groups is 1. The number of rotatable bonds is 9. The number of Topliss-reactive ketones (excluding diaryl/α,β-unsaturated/α-hetero) is 1. The number of hydrogen-bond acceptors (Lipinski definition) is 7. The monoisotopic (exact) mass is 550 g/mol. The predicted octanol–water partition coefficient (Wildman–Crippen LogP) is 5.70. The Kier molecular flexibility index (Phi) is 8.01. The number of ether oxygens (including phenoxy) is 2. The molecule has 3 aromatic carbocycles. The molecule has 5 rings (SSSR count). The topological polar surface area (TPSA) is 109 Å². The quantitative estimate of drug-likeness (QED) is 0.156. The number of ketones is 1. The van der Waals surface area contributed by atoms with Gasteiger partial charge in [-0.3, -0.25) is 14.6 Å². The van der Waals surface area contributed by atoms with Gasteiger partial charge in [-0.1, -0.05) is 30.3 Å². The summed E-state index contributed by atoms with van der Waals surface area (Å²) in [6, 6.07) is 21.9. The van der Waals surface area contributed by atoms with Gasteiger partial charge in [0, 0.05) is 24.5 Å². The van der Waals surface area contributed by atoms with Gasteiger partial charge in [0.05, 0.1) is 18.2 Å². The van der Waals surface area contributed by atoms with Gasteiger partial charge in [-0.2, -0.15) is 0 Å². The second kappa shape index (κ2) is 12.0. The van der Waals surface area contributed by atoms with Crippen LogP contribution in [0, 0.1) is 6.92 Å². The van der Waals surface area contributed by atoms with Crippen molar-refractivity contribution in [2.45, 2.75) is 33.0 Å². The van der Waals surface area contributed by atoms with Crippen LogP contribution in [0.15, 0.2) is 96.8 Å². The first-order valence-corrected chi connectivity index (χ1v) is 13.3. The van der Waals surface area contributed by atoms with E-state index in [1.54, 1.807) is 67.8 Å². The first kappa shape index (κ1) is 27.5. The number of aliphatic hydroxyl groups excluding tert-OH is 1. The Hall–Kier alpha value is -5.11. The molecule has 0 radical (unpaired) electrons. The van der Waals surface area contributed by atoms with Crippen LogP contribution in [0.1, 0.15) is 40.8 Å². The molecule has 2 heterocycles. The van der Waals surface area contributed by atoms with E-state index in [9.17, 15) is 19.8 Å². The fraction of sp³-hybridized carbons (Fsp3) is 0.182. The molecule has 1 aliphatic heterocycles. The van der Waals surface area contributed by atoms with Crippen LogP contribution in [-0.4, -0.2) is 38.4 Å². The van der Waals surface area contributed by atoms with Crippen LogP contribution in [-0.2, 0) is 22.7 Å². The number of phenolic OH excluding ortho intramolecular Hbond substituents is 1. The number of hydrogen-bond donors (Lipinski definition) is 2. The standard InChI is InChI=1S/C33H30N2O6/c1-3-40-28-18-24(10-13-27(28)36)30-29(32(38)33(39)35(30)19-22-14-16-34-17-15-22)31(37)23-8-11-26(12-9-23)41-20-25-7-5-4-6-21(25)2/h4-18,30,36-37H,3,19-20H2,1-2H3. The Morgan fingerprint density at radius 1 is 0.951 bits per heavy atom. The Morgan fingerprint density at radius 2 is 1.68 bits per heavy atom. The zero-order chi connectivity index (χ0) is 28.9. The summed E-state index contributed by atoms with van der Waals surface area (Å²) in [6.07, 6.45) is 3.22. The lowest BCUT2D eigenvalue weighted by molar-refractivity contribution is -0.140. The zero-order valence-electron chi connectivity index (χ0n) is 22.8. The van der Waals surface area contributed by atoms with Crippen molar-refractivity contribution in [3.63, 3.8) is 0 Å². The van der Waals surface area contributed by atoms with Crippen molar-refractivity contribution in [1.29, 1.82) is 0 Å². The van der Waals surface area contributed by atoms with Crippen LogP contribution in [0.2, 0.25) is 0 Å². The zero-order valence-corrected chi connectivity index (χ0v) is 22.8. The van der Waals surface area contributed by atoms with Crippen LogP contribution in [0.25, 0.3) is 5.76 Å². The van der Waals surface area contributed by atoms with E-state index < -0.39 is 17.7 Å². The first-order valence-electron chi connectivity index (χ1n) is 13.3. The van der Waals surface area contributed by atoms with Gasteiger partial charge in [0.15, 0.2) is 11.5 Å². The molecule has 1 atom stereocenters. The number of carbonyl (C=O) groups is 2. The van der Waals surface area contributed by atoms with E-state index in [4.69, 9.17) is 9.47 Å². The maximum Gasteiger partial charge on any atom is 0.295 e. The number of pyridine rings is 1. The van der Waals surface area contributed by atoms with Gasteiger partial charge in [-0.15, -0.1) is 0 Å². The molecule has 1 aromatic heterocycles. The van der Waals surface area contributed by atoms with Gasteiger partial charge < -0.3 is 24.6 Å².